The van der Waals surface area contributed by atoms with E-state index in [1.807, 2.05) is 12.1 Å². The Morgan fingerprint density at radius 1 is 1.16 bits per heavy atom. The molecule has 0 amide bonds. The fourth-order valence-corrected chi connectivity index (χ4v) is 2.96. The molecule has 0 fully saturated rings. The molecule has 0 atom stereocenters. The zero-order chi connectivity index (χ0) is 18.0. The predicted molar refractivity (Wildman–Crippen MR) is 104 cm³/mol. The van der Waals surface area contributed by atoms with Gasteiger partial charge in [-0.15, -0.1) is 0 Å². The average Bonchev–Trinajstić information content (AvgIpc) is 2.97. The lowest BCUT2D eigenvalue weighted by atomic mass is 10.1. The molecule has 0 bridgehead atoms. The third-order valence-corrected chi connectivity index (χ3v) is 4.51. The Kier molecular flexibility index (Phi) is 5.29. The number of cyclic esters (lactones) is 1. The number of benzene rings is 2. The summed E-state index contributed by atoms with van der Waals surface area (Å²) in [7, 11) is 3.12. The molecule has 0 saturated heterocycles. The molecule has 0 unspecified atom stereocenters. The zero-order valence-corrected chi connectivity index (χ0v) is 16.3. The van der Waals surface area contributed by atoms with E-state index in [9.17, 15) is 4.79 Å². The maximum Gasteiger partial charge on any atom is 0.363 e. The monoisotopic (exact) mass is 469 g/mol. The first kappa shape index (κ1) is 17.8. The van der Waals surface area contributed by atoms with Gasteiger partial charge in [0.25, 0.3) is 0 Å². The SMILES string of the molecule is COc1ccc(/C=C2/N=C(c3cc(I)ccc3Cl)OC2=O)c(OC)c1. The number of carbonyl (C=O) groups is 1. The van der Waals surface area contributed by atoms with Gasteiger partial charge in [-0.25, -0.2) is 9.79 Å². The molecule has 0 aromatic heterocycles. The largest absolute Gasteiger partial charge is 0.497 e. The van der Waals surface area contributed by atoms with Crippen LogP contribution in [0, 0.1) is 3.57 Å². The van der Waals surface area contributed by atoms with Crippen LogP contribution >= 0.6 is 34.2 Å². The van der Waals surface area contributed by atoms with Gasteiger partial charge in [0, 0.05) is 15.2 Å². The summed E-state index contributed by atoms with van der Waals surface area (Å²) in [4.78, 5) is 16.5. The predicted octanol–water partition coefficient (Wildman–Crippen LogP) is 4.31. The van der Waals surface area contributed by atoms with Gasteiger partial charge in [-0.1, -0.05) is 11.6 Å². The minimum Gasteiger partial charge on any atom is -0.497 e. The van der Waals surface area contributed by atoms with Crippen molar-refractivity contribution < 1.29 is 19.0 Å². The molecule has 2 aromatic rings. The quantitative estimate of drug-likeness (QED) is 0.380. The summed E-state index contributed by atoms with van der Waals surface area (Å²) in [5.41, 5.74) is 1.44. The Balaban J connectivity index is 2.00. The number of halogens is 2. The molecular weight excluding hydrogens is 457 g/mol. The first-order chi connectivity index (χ1) is 12.0. The van der Waals surface area contributed by atoms with Crippen LogP contribution in [-0.4, -0.2) is 26.1 Å². The number of esters is 1. The number of carbonyl (C=O) groups excluding carboxylic acids is 1. The van der Waals surface area contributed by atoms with Gasteiger partial charge in [0.2, 0.25) is 5.90 Å². The van der Waals surface area contributed by atoms with E-state index in [0.717, 1.165) is 3.57 Å². The zero-order valence-electron chi connectivity index (χ0n) is 13.4. The molecule has 3 rings (SSSR count). The molecule has 5 nitrogen and oxygen atoms in total. The Hall–Kier alpha value is -2.06. The Labute approximate surface area is 163 Å². The van der Waals surface area contributed by atoms with Crippen LogP contribution < -0.4 is 9.47 Å². The molecule has 7 heteroatoms. The van der Waals surface area contributed by atoms with Gasteiger partial charge in [-0.3, -0.25) is 0 Å². The van der Waals surface area contributed by atoms with E-state index in [-0.39, 0.29) is 11.6 Å². The van der Waals surface area contributed by atoms with E-state index in [1.54, 1.807) is 44.6 Å². The fourth-order valence-electron chi connectivity index (χ4n) is 2.27. The molecule has 1 heterocycles. The molecule has 0 saturated carbocycles. The first-order valence-electron chi connectivity index (χ1n) is 7.22. The number of hydrogen-bond donors (Lipinski definition) is 0. The van der Waals surface area contributed by atoms with Crippen molar-refractivity contribution in [1.82, 2.24) is 0 Å². The molecule has 128 valence electrons. The summed E-state index contributed by atoms with van der Waals surface area (Å²) in [6.45, 7) is 0. The van der Waals surface area contributed by atoms with Gasteiger partial charge < -0.3 is 14.2 Å². The lowest BCUT2D eigenvalue weighted by Gasteiger charge is -2.07. The highest BCUT2D eigenvalue weighted by atomic mass is 127. The number of rotatable bonds is 4. The standard InChI is InChI=1S/C18H13ClINO4/c1-23-12-5-3-10(16(9-12)24-2)7-15-18(22)25-17(21-15)13-8-11(20)4-6-14(13)19/h3-9H,1-2H3/b15-7+. The summed E-state index contributed by atoms with van der Waals surface area (Å²) in [5.74, 6) is 0.869. The maximum absolute atomic E-state index is 12.2. The van der Waals surface area contributed by atoms with E-state index in [2.05, 4.69) is 27.6 Å². The van der Waals surface area contributed by atoms with E-state index < -0.39 is 5.97 Å². The van der Waals surface area contributed by atoms with Crippen LogP contribution in [0.15, 0.2) is 47.1 Å². The second kappa shape index (κ2) is 7.45. The minimum absolute atomic E-state index is 0.174. The first-order valence-corrected chi connectivity index (χ1v) is 8.67. The lowest BCUT2D eigenvalue weighted by molar-refractivity contribution is -0.129. The van der Waals surface area contributed by atoms with Crippen molar-refractivity contribution in [3.63, 3.8) is 0 Å². The topological polar surface area (TPSA) is 57.1 Å². The van der Waals surface area contributed by atoms with Crippen LogP contribution in [0.4, 0.5) is 0 Å². The smallest absolute Gasteiger partial charge is 0.363 e. The maximum atomic E-state index is 12.2. The summed E-state index contributed by atoms with van der Waals surface area (Å²) >= 11 is 8.34. The van der Waals surface area contributed by atoms with E-state index in [4.69, 9.17) is 25.8 Å². The highest BCUT2D eigenvalue weighted by Crippen LogP contribution is 2.29. The molecule has 2 aromatic carbocycles. The van der Waals surface area contributed by atoms with Crippen molar-refractivity contribution in [3.8, 4) is 11.5 Å². The average molecular weight is 470 g/mol. The van der Waals surface area contributed by atoms with Crippen molar-refractivity contribution >= 4 is 52.1 Å². The van der Waals surface area contributed by atoms with Crippen molar-refractivity contribution in [2.45, 2.75) is 0 Å². The van der Waals surface area contributed by atoms with Crippen molar-refractivity contribution in [2.75, 3.05) is 14.2 Å². The third kappa shape index (κ3) is 3.80. The van der Waals surface area contributed by atoms with E-state index >= 15 is 0 Å². The van der Waals surface area contributed by atoms with Crippen LogP contribution in [0.3, 0.4) is 0 Å². The van der Waals surface area contributed by atoms with Crippen LogP contribution in [0.2, 0.25) is 5.02 Å². The Bertz CT molecular complexity index is 908. The normalized spacial score (nSPS) is 15.1. The van der Waals surface area contributed by atoms with Crippen LogP contribution in [-0.2, 0) is 9.53 Å². The molecule has 25 heavy (non-hydrogen) atoms. The van der Waals surface area contributed by atoms with Crippen molar-refractivity contribution in [1.29, 1.82) is 0 Å². The van der Waals surface area contributed by atoms with Gasteiger partial charge in [0.05, 0.1) is 24.8 Å². The second-order valence-corrected chi connectivity index (χ2v) is 6.72. The Morgan fingerprint density at radius 2 is 1.96 bits per heavy atom. The second-order valence-electron chi connectivity index (χ2n) is 5.07. The summed E-state index contributed by atoms with van der Waals surface area (Å²) in [6, 6.07) is 10.7. The lowest BCUT2D eigenvalue weighted by Crippen LogP contribution is -2.06. The highest BCUT2D eigenvalue weighted by Gasteiger charge is 2.26. The fraction of sp³-hybridized carbons (Fsp3) is 0.111. The van der Waals surface area contributed by atoms with Crippen molar-refractivity contribution in [3.05, 3.63) is 61.8 Å². The number of methoxy groups -OCH3 is 2. The highest BCUT2D eigenvalue weighted by molar-refractivity contribution is 14.1. The summed E-state index contributed by atoms with van der Waals surface area (Å²) < 4.78 is 16.7. The van der Waals surface area contributed by atoms with E-state index in [0.29, 0.717) is 27.6 Å². The molecular formula is C18H13ClINO4. The molecule has 0 radical (unpaired) electrons. The number of nitrogens with zero attached hydrogens (tertiary/aromatic N) is 1. The molecule has 1 aliphatic rings. The summed E-state index contributed by atoms with van der Waals surface area (Å²) in [5, 5.41) is 0.468. The van der Waals surface area contributed by atoms with Gasteiger partial charge >= 0.3 is 5.97 Å². The molecule has 0 aliphatic carbocycles. The molecule has 0 N–H and O–H groups in total. The molecule has 0 spiro atoms. The number of aliphatic imine (C=N–C) groups is 1. The third-order valence-electron chi connectivity index (χ3n) is 3.51. The molecule has 1 aliphatic heterocycles. The Morgan fingerprint density at radius 3 is 2.68 bits per heavy atom. The van der Waals surface area contributed by atoms with Gasteiger partial charge in [0.15, 0.2) is 5.70 Å². The van der Waals surface area contributed by atoms with Gasteiger partial charge in [-0.05, 0) is 59.0 Å². The number of ether oxygens (including phenoxy) is 3. The van der Waals surface area contributed by atoms with E-state index in [1.165, 1.54) is 0 Å². The van der Waals surface area contributed by atoms with Crippen LogP contribution in [0.1, 0.15) is 11.1 Å². The van der Waals surface area contributed by atoms with Crippen LogP contribution in [0.5, 0.6) is 11.5 Å². The van der Waals surface area contributed by atoms with Crippen LogP contribution in [0.25, 0.3) is 6.08 Å². The minimum atomic E-state index is -0.539. The number of hydrogen-bond acceptors (Lipinski definition) is 5. The summed E-state index contributed by atoms with van der Waals surface area (Å²) in [6.07, 6.45) is 1.61. The van der Waals surface area contributed by atoms with Gasteiger partial charge in [-0.2, -0.15) is 0 Å². The van der Waals surface area contributed by atoms with Crippen molar-refractivity contribution in [2.24, 2.45) is 4.99 Å². The van der Waals surface area contributed by atoms with Gasteiger partial charge in [0.1, 0.15) is 11.5 Å².